The molecule has 2 rings (SSSR count). The molecule has 1 aliphatic rings. The summed E-state index contributed by atoms with van der Waals surface area (Å²) in [6, 6.07) is 4.07. The molecule has 0 saturated carbocycles. The second kappa shape index (κ2) is 4.53. The maximum absolute atomic E-state index is 5.35. The van der Waals surface area contributed by atoms with Crippen molar-refractivity contribution in [2.75, 3.05) is 12.3 Å². The van der Waals surface area contributed by atoms with Gasteiger partial charge in [-0.2, -0.15) is 0 Å². The first-order valence-electron chi connectivity index (χ1n) is 5.54. The van der Waals surface area contributed by atoms with Crippen LogP contribution in [0.2, 0.25) is 0 Å². The number of nitrogens with one attached hydrogen (secondary N) is 1. The molecule has 1 aromatic rings. The molecule has 0 amide bonds. The smallest absolute Gasteiger partial charge is 0.157 e. The second-order valence-electron chi connectivity index (χ2n) is 4.96. The average molecular weight is 238 g/mol. The first-order chi connectivity index (χ1) is 7.57. The van der Waals surface area contributed by atoms with Crippen LogP contribution in [0.5, 0.6) is 0 Å². The third-order valence-corrected chi connectivity index (χ3v) is 4.01. The van der Waals surface area contributed by atoms with Crippen molar-refractivity contribution in [1.29, 1.82) is 0 Å². The van der Waals surface area contributed by atoms with Crippen LogP contribution in [0.15, 0.2) is 27.8 Å². The molecule has 4 heteroatoms. The number of hydrogen-bond acceptors (Lipinski definition) is 4. The van der Waals surface area contributed by atoms with Crippen LogP contribution in [0.4, 0.5) is 0 Å². The van der Waals surface area contributed by atoms with Crippen LogP contribution < -0.4 is 5.32 Å². The zero-order chi connectivity index (χ0) is 11.6. The molecule has 1 aromatic heterocycles. The summed E-state index contributed by atoms with van der Waals surface area (Å²) >= 11 is 1.79. The fraction of sp³-hybridized carbons (Fsp3) is 0.583. The largest absolute Gasteiger partial charge is 0.467 e. The Hall–Kier alpha value is -0.900. The number of nitrogens with zero attached hydrogens (tertiary/aromatic N) is 1. The molecular formula is C12H18N2OS. The summed E-state index contributed by atoms with van der Waals surface area (Å²) in [7, 11) is 0. The van der Waals surface area contributed by atoms with E-state index in [4.69, 9.17) is 4.42 Å². The molecule has 0 fully saturated rings. The fourth-order valence-electron chi connectivity index (χ4n) is 1.52. The van der Waals surface area contributed by atoms with Crippen LogP contribution in [-0.4, -0.2) is 17.5 Å². The van der Waals surface area contributed by atoms with Gasteiger partial charge in [-0.25, -0.2) is 0 Å². The Bertz CT molecular complexity index is 370. The number of furan rings is 1. The maximum Gasteiger partial charge on any atom is 0.157 e. The zero-order valence-electron chi connectivity index (χ0n) is 9.99. The summed E-state index contributed by atoms with van der Waals surface area (Å²) in [5.41, 5.74) is 0.323. The molecule has 1 unspecified atom stereocenters. The van der Waals surface area contributed by atoms with Crippen LogP contribution in [-0.2, 0) is 0 Å². The third-order valence-electron chi connectivity index (χ3n) is 2.56. The number of hydrogen-bond donors (Lipinski definition) is 1. The first kappa shape index (κ1) is 11.6. The van der Waals surface area contributed by atoms with Gasteiger partial charge in [0, 0.05) is 12.3 Å². The highest BCUT2D eigenvalue weighted by Gasteiger charge is 2.24. The van der Waals surface area contributed by atoms with Crippen molar-refractivity contribution in [3.63, 3.8) is 0 Å². The maximum atomic E-state index is 5.35. The molecule has 1 N–H and O–H groups in total. The molecule has 0 radical (unpaired) electrons. The molecular weight excluding hydrogens is 220 g/mol. The van der Waals surface area contributed by atoms with Crippen molar-refractivity contribution in [3.05, 3.63) is 24.2 Å². The van der Waals surface area contributed by atoms with E-state index in [2.05, 4.69) is 31.1 Å². The number of amidine groups is 1. The predicted molar refractivity (Wildman–Crippen MR) is 68.8 cm³/mol. The molecule has 0 aliphatic carbocycles. The van der Waals surface area contributed by atoms with Gasteiger partial charge in [-0.15, -0.1) is 0 Å². The van der Waals surface area contributed by atoms with Crippen LogP contribution in [0.3, 0.4) is 0 Å². The van der Waals surface area contributed by atoms with Crippen molar-refractivity contribution in [1.82, 2.24) is 5.32 Å². The van der Waals surface area contributed by atoms with E-state index >= 15 is 0 Å². The van der Waals surface area contributed by atoms with Crippen LogP contribution >= 0.6 is 11.8 Å². The van der Waals surface area contributed by atoms with Crippen LogP contribution in [0.1, 0.15) is 32.6 Å². The molecule has 2 heterocycles. The predicted octanol–water partition coefficient (Wildman–Crippen LogP) is 3.06. The van der Waals surface area contributed by atoms with Crippen molar-refractivity contribution in [2.24, 2.45) is 10.4 Å². The van der Waals surface area contributed by atoms with Crippen LogP contribution in [0.25, 0.3) is 0 Å². The van der Waals surface area contributed by atoms with Gasteiger partial charge in [-0.3, -0.25) is 4.99 Å². The lowest BCUT2D eigenvalue weighted by Gasteiger charge is -2.28. The molecule has 16 heavy (non-hydrogen) atoms. The van der Waals surface area contributed by atoms with E-state index in [1.807, 2.05) is 12.1 Å². The monoisotopic (exact) mass is 238 g/mol. The first-order valence-corrected chi connectivity index (χ1v) is 6.53. The number of rotatable bonds is 2. The Kier molecular flexibility index (Phi) is 3.28. The van der Waals surface area contributed by atoms with Crippen LogP contribution in [0, 0.1) is 5.41 Å². The third kappa shape index (κ3) is 2.82. The van der Waals surface area contributed by atoms with Crippen molar-refractivity contribution in [3.8, 4) is 0 Å². The Balaban J connectivity index is 1.94. The van der Waals surface area contributed by atoms with E-state index in [-0.39, 0.29) is 6.04 Å². The van der Waals surface area contributed by atoms with Gasteiger partial charge in [-0.05, 0) is 24.5 Å². The highest BCUT2D eigenvalue weighted by atomic mass is 32.2. The summed E-state index contributed by atoms with van der Waals surface area (Å²) in [6.07, 6.45) is 1.70. The highest BCUT2D eigenvalue weighted by molar-refractivity contribution is 8.13. The molecule has 1 atom stereocenters. The van der Waals surface area contributed by atoms with E-state index in [9.17, 15) is 0 Å². The van der Waals surface area contributed by atoms with Gasteiger partial charge in [-0.1, -0.05) is 25.6 Å². The van der Waals surface area contributed by atoms with E-state index in [0.717, 1.165) is 23.2 Å². The molecule has 88 valence electrons. The SMILES string of the molecule is CC(NC1=NCC(C)(C)CS1)c1ccco1. The minimum absolute atomic E-state index is 0.183. The van der Waals surface area contributed by atoms with Crippen molar-refractivity contribution >= 4 is 16.9 Å². The van der Waals surface area contributed by atoms with E-state index in [1.165, 1.54) is 0 Å². The normalized spacial score (nSPS) is 21.3. The highest BCUT2D eigenvalue weighted by Crippen LogP contribution is 2.28. The Morgan fingerprint density at radius 3 is 2.94 bits per heavy atom. The summed E-state index contributed by atoms with van der Waals surface area (Å²) in [6.45, 7) is 7.47. The van der Waals surface area contributed by atoms with Crippen molar-refractivity contribution in [2.45, 2.75) is 26.8 Å². The molecule has 0 aromatic carbocycles. The average Bonchev–Trinajstić information content (AvgIpc) is 2.74. The number of aliphatic imine (C=N–C) groups is 1. The Morgan fingerprint density at radius 2 is 2.38 bits per heavy atom. The lowest BCUT2D eigenvalue weighted by Crippen LogP contribution is -2.32. The van der Waals surface area contributed by atoms with Gasteiger partial charge < -0.3 is 9.73 Å². The summed E-state index contributed by atoms with van der Waals surface area (Å²) in [5.74, 6) is 2.07. The minimum Gasteiger partial charge on any atom is -0.467 e. The summed E-state index contributed by atoms with van der Waals surface area (Å²) < 4.78 is 5.35. The van der Waals surface area contributed by atoms with Gasteiger partial charge in [0.2, 0.25) is 0 Å². The summed E-state index contributed by atoms with van der Waals surface area (Å²) in [5, 5.41) is 4.41. The van der Waals surface area contributed by atoms with E-state index in [0.29, 0.717) is 5.41 Å². The lowest BCUT2D eigenvalue weighted by atomic mass is 9.97. The lowest BCUT2D eigenvalue weighted by molar-refractivity contribution is 0.433. The van der Waals surface area contributed by atoms with Gasteiger partial charge >= 0.3 is 0 Å². The van der Waals surface area contributed by atoms with E-state index < -0.39 is 0 Å². The Labute approximate surface area is 101 Å². The molecule has 0 saturated heterocycles. The number of thioether (sulfide) groups is 1. The van der Waals surface area contributed by atoms with E-state index in [1.54, 1.807) is 18.0 Å². The zero-order valence-corrected chi connectivity index (χ0v) is 10.8. The summed E-state index contributed by atoms with van der Waals surface area (Å²) in [4.78, 5) is 4.56. The van der Waals surface area contributed by atoms with Gasteiger partial charge in [0.25, 0.3) is 0 Å². The van der Waals surface area contributed by atoms with Gasteiger partial charge in [0.15, 0.2) is 5.17 Å². The van der Waals surface area contributed by atoms with Crippen molar-refractivity contribution < 1.29 is 4.42 Å². The Morgan fingerprint density at radius 1 is 1.56 bits per heavy atom. The molecule has 0 spiro atoms. The fourth-order valence-corrected chi connectivity index (χ4v) is 2.56. The minimum atomic E-state index is 0.183. The second-order valence-corrected chi connectivity index (χ2v) is 5.92. The quantitative estimate of drug-likeness (QED) is 0.860. The topological polar surface area (TPSA) is 37.5 Å². The molecule has 0 bridgehead atoms. The molecule has 1 aliphatic heterocycles. The van der Waals surface area contributed by atoms with Gasteiger partial charge in [0.05, 0.1) is 12.3 Å². The molecule has 3 nitrogen and oxygen atoms in total. The standard InChI is InChI=1S/C12H18N2OS/c1-9(10-5-4-6-15-10)14-11-13-7-12(2,3)8-16-11/h4-6,9H,7-8H2,1-3H3,(H,13,14). The van der Waals surface area contributed by atoms with Gasteiger partial charge in [0.1, 0.15) is 5.76 Å².